The predicted molar refractivity (Wildman–Crippen MR) is 126 cm³/mol. The zero-order chi connectivity index (χ0) is 23.9. The number of nitrogens with one attached hydrogen (secondary N) is 1. The number of likely N-dealkylation sites (N-methyl/N-ethyl adjacent to an activating group) is 1. The second-order valence-corrected chi connectivity index (χ2v) is 8.18. The number of rotatable bonds is 2. The molecular formula is C25H35N3O5. The normalized spacial score (nSPS) is 21.9. The third kappa shape index (κ3) is 11.3. The number of ether oxygens (including phenoxy) is 2. The summed E-state index contributed by atoms with van der Waals surface area (Å²) in [6.45, 7) is 1.77. The molecule has 0 bridgehead atoms. The molecule has 1 aromatic carbocycles. The van der Waals surface area contributed by atoms with Crippen molar-refractivity contribution >= 4 is 23.9 Å². The maximum Gasteiger partial charge on any atom is 0.437 e. The average Bonchev–Trinajstić information content (AvgIpc) is 2.78. The predicted octanol–water partition coefficient (Wildman–Crippen LogP) is 4.35. The first-order valence-electron chi connectivity index (χ1n) is 11.6. The largest absolute Gasteiger partial charge is 0.461 e. The summed E-state index contributed by atoms with van der Waals surface area (Å²) in [7, 11) is 1.57. The average molecular weight is 458 g/mol. The van der Waals surface area contributed by atoms with Crippen LogP contribution in [0.15, 0.2) is 47.5 Å². The van der Waals surface area contributed by atoms with Gasteiger partial charge < -0.3 is 14.4 Å². The summed E-state index contributed by atoms with van der Waals surface area (Å²) in [5.74, 6) is -0.766. The van der Waals surface area contributed by atoms with Crippen LogP contribution in [0.1, 0.15) is 63.9 Å². The topological polar surface area (TPSA) is 97.3 Å². The molecule has 1 aromatic rings. The van der Waals surface area contributed by atoms with Crippen molar-refractivity contribution in [3.8, 4) is 0 Å². The zero-order valence-electron chi connectivity index (χ0n) is 19.6. The molecule has 0 fully saturated rings. The molecule has 1 N–H and O–H groups in total. The van der Waals surface area contributed by atoms with Crippen molar-refractivity contribution in [3.63, 3.8) is 0 Å². The quantitative estimate of drug-likeness (QED) is 0.524. The zero-order valence-corrected chi connectivity index (χ0v) is 19.6. The fourth-order valence-corrected chi connectivity index (χ4v) is 3.30. The lowest BCUT2D eigenvalue weighted by Gasteiger charge is -2.22. The molecule has 2 amide bonds. The van der Waals surface area contributed by atoms with Crippen LogP contribution < -0.4 is 5.32 Å². The van der Waals surface area contributed by atoms with Crippen LogP contribution in [0, 0.1) is 0 Å². The molecule has 0 spiro atoms. The van der Waals surface area contributed by atoms with E-state index in [1.165, 1.54) is 4.90 Å². The highest BCUT2D eigenvalue weighted by Crippen LogP contribution is 2.09. The van der Waals surface area contributed by atoms with Crippen molar-refractivity contribution in [3.05, 3.63) is 48.0 Å². The van der Waals surface area contributed by atoms with E-state index in [0.29, 0.717) is 12.8 Å². The van der Waals surface area contributed by atoms with E-state index in [2.05, 4.69) is 22.5 Å². The molecule has 1 heterocycles. The summed E-state index contributed by atoms with van der Waals surface area (Å²) in [5.41, 5.74) is 0.819. The minimum atomic E-state index is -0.852. The van der Waals surface area contributed by atoms with Gasteiger partial charge in [-0.2, -0.15) is 0 Å². The molecule has 0 saturated heterocycles. The molecule has 8 nitrogen and oxygen atoms in total. The molecule has 0 radical (unpaired) electrons. The number of hydrogen-bond acceptors (Lipinski definition) is 5. The summed E-state index contributed by atoms with van der Waals surface area (Å²) in [4.78, 5) is 42.4. The molecule has 0 aliphatic carbocycles. The number of nitrogens with zero attached hydrogens (tertiary/aromatic N) is 2. The number of esters is 1. The molecule has 2 rings (SSSR count). The van der Waals surface area contributed by atoms with Gasteiger partial charge in [-0.15, -0.1) is 4.99 Å². The number of cyclic esters (lactones) is 1. The maximum atomic E-state index is 12.4. The van der Waals surface area contributed by atoms with Crippen molar-refractivity contribution in [2.24, 2.45) is 4.99 Å². The summed E-state index contributed by atoms with van der Waals surface area (Å²) in [5, 5.41) is 2.64. The Balaban J connectivity index is 2.05. The third-order valence-electron chi connectivity index (χ3n) is 5.14. The maximum absolute atomic E-state index is 12.4. The van der Waals surface area contributed by atoms with Gasteiger partial charge in [0.05, 0.1) is 6.10 Å². The van der Waals surface area contributed by atoms with Crippen LogP contribution in [0.25, 0.3) is 0 Å². The van der Waals surface area contributed by atoms with Gasteiger partial charge in [-0.25, -0.2) is 4.79 Å². The Labute approximate surface area is 196 Å². The summed E-state index contributed by atoms with van der Waals surface area (Å²) >= 11 is 0. The molecule has 1 aliphatic rings. The molecule has 1 aliphatic heterocycles. The van der Waals surface area contributed by atoms with E-state index >= 15 is 0 Å². The van der Waals surface area contributed by atoms with E-state index in [-0.39, 0.29) is 31.1 Å². The van der Waals surface area contributed by atoms with Crippen LogP contribution >= 0.6 is 0 Å². The highest BCUT2D eigenvalue weighted by molar-refractivity contribution is 6.01. The first kappa shape index (κ1) is 26.1. The number of guanidine groups is 1. The highest BCUT2D eigenvalue weighted by atomic mass is 16.5. The SMILES string of the molecule is C[C@@H]1CCCC/C=C/CCCCC(=O)N/C(=N/C(=O)OCc2ccccc2)N(C)CC(=O)O1. The molecular weight excluding hydrogens is 422 g/mol. The van der Waals surface area contributed by atoms with E-state index in [1.807, 2.05) is 37.3 Å². The molecule has 0 saturated carbocycles. The molecule has 0 aromatic heterocycles. The number of amides is 2. The number of hydrogen-bond donors (Lipinski definition) is 1. The lowest BCUT2D eigenvalue weighted by Crippen LogP contribution is -2.45. The Morgan fingerprint density at radius 3 is 2.55 bits per heavy atom. The van der Waals surface area contributed by atoms with Crippen molar-refractivity contribution < 1.29 is 23.9 Å². The second kappa shape index (κ2) is 14.8. The van der Waals surface area contributed by atoms with Crippen LogP contribution in [-0.4, -0.2) is 48.5 Å². The standard InChI is InChI=1S/C25H35N3O5/c1-20-14-10-7-5-3-4-6-8-13-17-22(29)26-24(28(2)18-23(30)33-20)27-25(31)32-19-21-15-11-9-12-16-21/h3-4,9,11-12,15-16,20H,5-8,10,13-14,17-19H2,1-2H3,(H,26,27,29,31)/b4-3+/t20-/m1/s1. The van der Waals surface area contributed by atoms with Gasteiger partial charge in [-0.1, -0.05) is 42.5 Å². The minimum absolute atomic E-state index is 0.0383. The molecule has 0 unspecified atom stereocenters. The fourth-order valence-electron chi connectivity index (χ4n) is 3.30. The van der Waals surface area contributed by atoms with Crippen molar-refractivity contribution in [1.29, 1.82) is 0 Å². The Morgan fingerprint density at radius 1 is 1.12 bits per heavy atom. The molecule has 33 heavy (non-hydrogen) atoms. The van der Waals surface area contributed by atoms with E-state index in [9.17, 15) is 14.4 Å². The van der Waals surface area contributed by atoms with E-state index in [4.69, 9.17) is 9.47 Å². The summed E-state index contributed by atoms with van der Waals surface area (Å²) in [6, 6.07) is 9.22. The lowest BCUT2D eigenvalue weighted by molar-refractivity contribution is -0.148. The van der Waals surface area contributed by atoms with Gasteiger partial charge in [0, 0.05) is 13.5 Å². The first-order valence-corrected chi connectivity index (χ1v) is 11.6. The van der Waals surface area contributed by atoms with Gasteiger partial charge in [-0.05, 0) is 57.4 Å². The van der Waals surface area contributed by atoms with Crippen LogP contribution in [0.4, 0.5) is 4.79 Å². The van der Waals surface area contributed by atoms with Gasteiger partial charge in [0.2, 0.25) is 11.9 Å². The summed E-state index contributed by atoms with van der Waals surface area (Å²) < 4.78 is 10.7. The summed E-state index contributed by atoms with van der Waals surface area (Å²) in [6.07, 6.45) is 9.89. The fraction of sp³-hybridized carbons (Fsp3) is 0.520. The van der Waals surface area contributed by atoms with Gasteiger partial charge in [0.15, 0.2) is 0 Å². The number of aliphatic imine (C=N–C) groups is 1. The Kier molecular flexibility index (Phi) is 11.7. The van der Waals surface area contributed by atoms with Crippen LogP contribution in [0.5, 0.6) is 0 Å². The molecule has 1 atom stereocenters. The monoisotopic (exact) mass is 457 g/mol. The Hall–Kier alpha value is -3.16. The Bertz CT molecular complexity index is 823. The lowest BCUT2D eigenvalue weighted by atomic mass is 10.1. The number of carbonyl (C=O) groups is 3. The minimum Gasteiger partial charge on any atom is -0.461 e. The van der Waals surface area contributed by atoms with Crippen molar-refractivity contribution in [2.75, 3.05) is 13.6 Å². The molecule has 180 valence electrons. The van der Waals surface area contributed by atoms with Crippen molar-refractivity contribution in [1.82, 2.24) is 10.2 Å². The van der Waals surface area contributed by atoms with Crippen LogP contribution in [-0.2, 0) is 25.7 Å². The number of benzene rings is 1. The first-order chi connectivity index (χ1) is 15.9. The third-order valence-corrected chi connectivity index (χ3v) is 5.14. The van der Waals surface area contributed by atoms with E-state index < -0.39 is 12.1 Å². The smallest absolute Gasteiger partial charge is 0.437 e. The highest BCUT2D eigenvalue weighted by Gasteiger charge is 2.18. The number of carbonyl (C=O) groups excluding carboxylic acids is 3. The van der Waals surface area contributed by atoms with Gasteiger partial charge in [0.1, 0.15) is 13.2 Å². The van der Waals surface area contributed by atoms with E-state index in [0.717, 1.165) is 44.1 Å². The van der Waals surface area contributed by atoms with Gasteiger partial charge in [0.25, 0.3) is 0 Å². The van der Waals surface area contributed by atoms with Gasteiger partial charge in [-0.3, -0.25) is 14.9 Å². The Morgan fingerprint density at radius 2 is 1.82 bits per heavy atom. The second-order valence-electron chi connectivity index (χ2n) is 8.18. The number of allylic oxidation sites excluding steroid dienone is 2. The van der Waals surface area contributed by atoms with Gasteiger partial charge >= 0.3 is 12.1 Å². The van der Waals surface area contributed by atoms with Crippen LogP contribution in [0.2, 0.25) is 0 Å². The molecule has 8 heteroatoms. The van der Waals surface area contributed by atoms with Crippen molar-refractivity contribution in [2.45, 2.75) is 71.0 Å². The van der Waals surface area contributed by atoms with Crippen LogP contribution in [0.3, 0.4) is 0 Å². The van der Waals surface area contributed by atoms with E-state index in [1.54, 1.807) is 7.05 Å².